The quantitative estimate of drug-likeness (QED) is 0.521. The molecular formula is C12H18O. The minimum Gasteiger partial charge on any atom is -0.299 e. The number of allylic oxidation sites excluding steroid dienone is 2. The summed E-state index contributed by atoms with van der Waals surface area (Å²) in [4.78, 5) is 11.8. The minimum atomic E-state index is -0.0647. The third-order valence-corrected chi connectivity index (χ3v) is 3.76. The van der Waals surface area contributed by atoms with Crippen LogP contribution in [0.3, 0.4) is 0 Å². The maximum absolute atomic E-state index is 11.8. The summed E-state index contributed by atoms with van der Waals surface area (Å²) in [5.41, 5.74) is 1.37. The van der Waals surface area contributed by atoms with Crippen LogP contribution in [0.4, 0.5) is 0 Å². The molecule has 0 saturated heterocycles. The number of Topliss-reactive ketones (excluding diaryl/α,β-unsaturated/α-hetero) is 1. The predicted molar refractivity (Wildman–Crippen MR) is 53.4 cm³/mol. The van der Waals surface area contributed by atoms with Crippen LogP contribution in [0.2, 0.25) is 0 Å². The van der Waals surface area contributed by atoms with Crippen molar-refractivity contribution >= 4 is 5.78 Å². The highest BCUT2D eigenvalue weighted by molar-refractivity contribution is 5.88. The van der Waals surface area contributed by atoms with E-state index in [4.69, 9.17) is 0 Å². The molecule has 0 aromatic rings. The van der Waals surface area contributed by atoms with Crippen molar-refractivity contribution in [2.75, 3.05) is 0 Å². The molecule has 2 aliphatic carbocycles. The van der Waals surface area contributed by atoms with Crippen molar-refractivity contribution in [1.82, 2.24) is 0 Å². The molecular weight excluding hydrogens is 160 g/mol. The van der Waals surface area contributed by atoms with Crippen LogP contribution in [0.15, 0.2) is 11.6 Å². The summed E-state index contributed by atoms with van der Waals surface area (Å²) >= 11 is 0. The van der Waals surface area contributed by atoms with Gasteiger partial charge in [-0.15, -0.1) is 0 Å². The number of fused-ring (bicyclic) bond motifs is 1. The summed E-state index contributed by atoms with van der Waals surface area (Å²) in [6, 6.07) is 0. The van der Waals surface area contributed by atoms with Crippen LogP contribution in [-0.2, 0) is 4.79 Å². The summed E-state index contributed by atoms with van der Waals surface area (Å²) in [6.07, 6.45) is 7.66. The Morgan fingerprint density at radius 2 is 2.23 bits per heavy atom. The van der Waals surface area contributed by atoms with Crippen LogP contribution < -0.4 is 0 Å². The molecule has 0 radical (unpaired) electrons. The van der Waals surface area contributed by atoms with Gasteiger partial charge in [0.15, 0.2) is 0 Å². The minimum absolute atomic E-state index is 0.0647. The van der Waals surface area contributed by atoms with Gasteiger partial charge in [-0.3, -0.25) is 4.79 Å². The molecule has 0 N–H and O–H groups in total. The summed E-state index contributed by atoms with van der Waals surface area (Å²) < 4.78 is 0. The highest BCUT2D eigenvalue weighted by Crippen LogP contribution is 2.45. The van der Waals surface area contributed by atoms with Crippen molar-refractivity contribution in [3.05, 3.63) is 11.6 Å². The van der Waals surface area contributed by atoms with E-state index in [9.17, 15) is 4.79 Å². The summed E-state index contributed by atoms with van der Waals surface area (Å²) in [5, 5.41) is 0. The van der Waals surface area contributed by atoms with Crippen LogP contribution in [0, 0.1) is 11.3 Å². The van der Waals surface area contributed by atoms with Gasteiger partial charge in [0.25, 0.3) is 0 Å². The molecule has 0 aliphatic heterocycles. The lowest BCUT2D eigenvalue weighted by molar-refractivity contribution is -0.128. The van der Waals surface area contributed by atoms with E-state index in [0.717, 1.165) is 25.7 Å². The number of carbonyl (C=O) groups excluding carboxylic acids is 1. The molecule has 0 bridgehead atoms. The average molecular weight is 178 g/mol. The van der Waals surface area contributed by atoms with Crippen molar-refractivity contribution in [2.45, 2.75) is 46.0 Å². The summed E-state index contributed by atoms with van der Waals surface area (Å²) in [6.45, 7) is 4.40. The molecule has 72 valence electrons. The Morgan fingerprint density at radius 3 is 3.00 bits per heavy atom. The van der Waals surface area contributed by atoms with Gasteiger partial charge in [0.1, 0.15) is 5.78 Å². The van der Waals surface area contributed by atoms with Crippen LogP contribution in [-0.4, -0.2) is 5.78 Å². The second-order valence-corrected chi connectivity index (χ2v) is 4.82. The van der Waals surface area contributed by atoms with Crippen LogP contribution >= 0.6 is 0 Å². The topological polar surface area (TPSA) is 17.1 Å². The lowest BCUT2D eigenvalue weighted by Crippen LogP contribution is -2.36. The monoisotopic (exact) mass is 178 g/mol. The molecule has 0 heterocycles. The SMILES string of the molecule is C[C@@H]1C=C2CCCC(=O)[C@@]2(C)CC1. The molecule has 1 saturated carbocycles. The van der Waals surface area contributed by atoms with Gasteiger partial charge in [-0.25, -0.2) is 0 Å². The van der Waals surface area contributed by atoms with Crippen LogP contribution in [0.5, 0.6) is 0 Å². The Morgan fingerprint density at radius 1 is 1.46 bits per heavy atom. The first-order valence-electron chi connectivity index (χ1n) is 5.37. The summed E-state index contributed by atoms with van der Waals surface area (Å²) in [5.74, 6) is 1.17. The molecule has 0 amide bonds. The highest BCUT2D eigenvalue weighted by atomic mass is 16.1. The molecule has 0 unspecified atom stereocenters. The van der Waals surface area contributed by atoms with Crippen molar-refractivity contribution < 1.29 is 4.79 Å². The zero-order chi connectivity index (χ0) is 9.47. The van der Waals surface area contributed by atoms with E-state index in [1.165, 1.54) is 12.0 Å². The zero-order valence-electron chi connectivity index (χ0n) is 8.60. The van der Waals surface area contributed by atoms with Gasteiger partial charge in [-0.1, -0.05) is 18.6 Å². The molecule has 0 spiro atoms. The van der Waals surface area contributed by atoms with Crippen molar-refractivity contribution in [2.24, 2.45) is 11.3 Å². The van der Waals surface area contributed by atoms with E-state index in [0.29, 0.717) is 11.7 Å². The van der Waals surface area contributed by atoms with E-state index in [1.807, 2.05) is 0 Å². The van der Waals surface area contributed by atoms with Crippen molar-refractivity contribution in [3.63, 3.8) is 0 Å². The molecule has 1 nitrogen and oxygen atoms in total. The van der Waals surface area contributed by atoms with E-state index in [1.54, 1.807) is 0 Å². The van der Waals surface area contributed by atoms with Gasteiger partial charge in [0.2, 0.25) is 0 Å². The number of carbonyl (C=O) groups is 1. The molecule has 1 heteroatoms. The third-order valence-electron chi connectivity index (χ3n) is 3.76. The maximum atomic E-state index is 11.8. The van der Waals surface area contributed by atoms with Gasteiger partial charge in [0, 0.05) is 11.8 Å². The molecule has 0 aromatic heterocycles. The Balaban J connectivity index is 2.34. The Labute approximate surface area is 80.2 Å². The van der Waals surface area contributed by atoms with Gasteiger partial charge < -0.3 is 0 Å². The molecule has 2 atom stereocenters. The molecule has 1 fully saturated rings. The van der Waals surface area contributed by atoms with E-state index < -0.39 is 0 Å². The Kier molecular flexibility index (Phi) is 2.05. The van der Waals surface area contributed by atoms with Crippen LogP contribution in [0.1, 0.15) is 46.0 Å². The summed E-state index contributed by atoms with van der Waals surface area (Å²) in [7, 11) is 0. The smallest absolute Gasteiger partial charge is 0.142 e. The first kappa shape index (κ1) is 8.98. The van der Waals surface area contributed by atoms with Crippen molar-refractivity contribution in [1.29, 1.82) is 0 Å². The molecule has 2 rings (SSSR count). The molecule has 0 aromatic carbocycles. The predicted octanol–water partition coefficient (Wildman–Crippen LogP) is 3.10. The maximum Gasteiger partial charge on any atom is 0.142 e. The van der Waals surface area contributed by atoms with Gasteiger partial charge in [0.05, 0.1) is 0 Å². The van der Waals surface area contributed by atoms with E-state index >= 15 is 0 Å². The van der Waals surface area contributed by atoms with Crippen molar-refractivity contribution in [3.8, 4) is 0 Å². The van der Waals surface area contributed by atoms with Gasteiger partial charge in [-0.05, 0) is 38.5 Å². The zero-order valence-corrected chi connectivity index (χ0v) is 8.60. The van der Waals surface area contributed by atoms with Gasteiger partial charge in [-0.2, -0.15) is 0 Å². The fourth-order valence-electron chi connectivity index (χ4n) is 2.68. The Hall–Kier alpha value is -0.590. The third kappa shape index (κ3) is 1.34. The lowest BCUT2D eigenvalue weighted by atomic mass is 9.64. The first-order chi connectivity index (χ1) is 6.13. The van der Waals surface area contributed by atoms with E-state index in [2.05, 4.69) is 19.9 Å². The lowest BCUT2D eigenvalue weighted by Gasteiger charge is -2.39. The highest BCUT2D eigenvalue weighted by Gasteiger charge is 2.40. The number of ketones is 1. The van der Waals surface area contributed by atoms with E-state index in [-0.39, 0.29) is 5.41 Å². The first-order valence-corrected chi connectivity index (χ1v) is 5.37. The normalized spacial score (nSPS) is 39.7. The molecule has 13 heavy (non-hydrogen) atoms. The second kappa shape index (κ2) is 2.97. The number of hydrogen-bond donors (Lipinski definition) is 0. The number of hydrogen-bond acceptors (Lipinski definition) is 1. The van der Waals surface area contributed by atoms with Gasteiger partial charge >= 0.3 is 0 Å². The standard InChI is InChI=1S/C12H18O/c1-9-6-7-12(2)10(8-9)4-3-5-11(12)13/h8-9H,3-7H2,1-2H3/t9-,12-/m0/s1. The fraction of sp³-hybridized carbons (Fsp3) is 0.750. The number of rotatable bonds is 0. The Bertz CT molecular complexity index is 264. The molecule has 2 aliphatic rings. The largest absolute Gasteiger partial charge is 0.299 e. The second-order valence-electron chi connectivity index (χ2n) is 4.82. The average Bonchev–Trinajstić information content (AvgIpc) is 2.09. The fourth-order valence-corrected chi connectivity index (χ4v) is 2.68. The van der Waals surface area contributed by atoms with Crippen LogP contribution in [0.25, 0.3) is 0 Å².